The molecule has 2 rings (SSSR count). The molecule has 1 N–H and O–H groups in total. The molecule has 4 nitrogen and oxygen atoms in total. The zero-order valence-corrected chi connectivity index (χ0v) is 9.48. The number of hydrazone groups is 1. The average molecular weight is 254 g/mol. The fraction of sp³-hybridized carbons (Fsp3) is 0.333. The molecule has 6 heteroatoms. The minimum atomic E-state index is -2.89. The van der Waals surface area contributed by atoms with E-state index in [0.717, 1.165) is 12.8 Å². The van der Waals surface area contributed by atoms with Crippen LogP contribution in [0.3, 0.4) is 0 Å². The zero-order chi connectivity index (χ0) is 13.0. The number of rotatable bonds is 5. The molecular formula is C12H12F2N2O2. The van der Waals surface area contributed by atoms with Crippen LogP contribution >= 0.6 is 0 Å². The van der Waals surface area contributed by atoms with E-state index in [9.17, 15) is 13.6 Å². The molecule has 0 bridgehead atoms. The number of benzene rings is 1. The lowest BCUT2D eigenvalue weighted by Gasteiger charge is -2.06. The van der Waals surface area contributed by atoms with E-state index >= 15 is 0 Å². The maximum Gasteiger partial charge on any atom is 0.387 e. The Morgan fingerprint density at radius 3 is 2.83 bits per heavy atom. The number of para-hydroxylation sites is 1. The molecule has 1 aliphatic rings. The molecule has 18 heavy (non-hydrogen) atoms. The third kappa shape index (κ3) is 3.51. The number of halogens is 2. The number of nitrogens with zero attached hydrogens (tertiary/aromatic N) is 1. The van der Waals surface area contributed by atoms with Crippen molar-refractivity contribution in [3.63, 3.8) is 0 Å². The summed E-state index contributed by atoms with van der Waals surface area (Å²) in [6, 6.07) is 6.24. The molecule has 1 amide bonds. The molecule has 1 saturated carbocycles. The molecule has 0 heterocycles. The predicted molar refractivity (Wildman–Crippen MR) is 61.5 cm³/mol. The van der Waals surface area contributed by atoms with Crippen molar-refractivity contribution in [2.75, 3.05) is 0 Å². The van der Waals surface area contributed by atoms with Gasteiger partial charge in [-0.2, -0.15) is 13.9 Å². The summed E-state index contributed by atoms with van der Waals surface area (Å²) in [5, 5.41) is 3.72. The number of carbonyl (C=O) groups is 1. The molecule has 0 atom stereocenters. The highest BCUT2D eigenvalue weighted by atomic mass is 19.3. The normalized spacial score (nSPS) is 15.1. The monoisotopic (exact) mass is 254 g/mol. The van der Waals surface area contributed by atoms with Gasteiger partial charge in [-0.1, -0.05) is 12.1 Å². The van der Waals surface area contributed by atoms with Gasteiger partial charge in [-0.15, -0.1) is 0 Å². The minimum absolute atomic E-state index is 0.0249. The first kappa shape index (κ1) is 12.5. The molecule has 1 aliphatic carbocycles. The van der Waals surface area contributed by atoms with Crippen LogP contribution in [-0.4, -0.2) is 18.7 Å². The molecule has 1 aromatic rings. The van der Waals surface area contributed by atoms with Crippen molar-refractivity contribution < 1.29 is 18.3 Å². The molecule has 0 spiro atoms. The Morgan fingerprint density at radius 1 is 1.44 bits per heavy atom. The van der Waals surface area contributed by atoms with Crippen molar-refractivity contribution in [3.8, 4) is 5.75 Å². The van der Waals surface area contributed by atoms with Crippen LogP contribution in [0.1, 0.15) is 18.4 Å². The first-order valence-corrected chi connectivity index (χ1v) is 5.53. The first-order chi connectivity index (χ1) is 8.66. The summed E-state index contributed by atoms with van der Waals surface area (Å²) in [5.41, 5.74) is 2.74. The van der Waals surface area contributed by atoms with E-state index in [1.807, 2.05) is 0 Å². The summed E-state index contributed by atoms with van der Waals surface area (Å²) >= 11 is 0. The van der Waals surface area contributed by atoms with E-state index in [-0.39, 0.29) is 17.6 Å². The standard InChI is InChI=1S/C12H12F2N2O2/c13-12(14)18-10-4-2-1-3-9(10)7-15-16-11(17)8-5-6-8/h1-4,7-8,12H,5-6H2,(H,16,17)/b15-7-. The lowest BCUT2D eigenvalue weighted by Crippen LogP contribution is -2.19. The van der Waals surface area contributed by atoms with Crippen LogP contribution in [0.4, 0.5) is 8.78 Å². The fourth-order valence-corrected chi connectivity index (χ4v) is 1.39. The molecule has 1 aromatic carbocycles. The summed E-state index contributed by atoms with van der Waals surface area (Å²) in [6.07, 6.45) is 3.05. The largest absolute Gasteiger partial charge is 0.434 e. The van der Waals surface area contributed by atoms with Gasteiger partial charge >= 0.3 is 6.61 Å². The number of ether oxygens (including phenoxy) is 1. The van der Waals surface area contributed by atoms with Crippen LogP contribution in [0.15, 0.2) is 29.4 Å². The van der Waals surface area contributed by atoms with E-state index in [1.54, 1.807) is 18.2 Å². The van der Waals surface area contributed by atoms with Crippen LogP contribution < -0.4 is 10.2 Å². The van der Waals surface area contributed by atoms with Crippen LogP contribution in [0.25, 0.3) is 0 Å². The Bertz CT molecular complexity index is 459. The summed E-state index contributed by atoms with van der Waals surface area (Å²) in [5.74, 6) is -0.0647. The van der Waals surface area contributed by atoms with Gasteiger partial charge in [0.15, 0.2) is 0 Å². The quantitative estimate of drug-likeness (QED) is 0.646. The van der Waals surface area contributed by atoms with Gasteiger partial charge in [0.1, 0.15) is 5.75 Å². The summed E-state index contributed by atoms with van der Waals surface area (Å²) in [6.45, 7) is -2.89. The molecule has 0 saturated heterocycles. The maximum atomic E-state index is 12.1. The Hall–Kier alpha value is -1.98. The molecule has 0 radical (unpaired) electrons. The van der Waals surface area contributed by atoms with Crippen molar-refractivity contribution in [2.24, 2.45) is 11.0 Å². The van der Waals surface area contributed by atoms with E-state index < -0.39 is 6.61 Å². The molecule has 1 fully saturated rings. The molecule has 0 unspecified atom stereocenters. The Kier molecular flexibility index (Phi) is 3.86. The Morgan fingerprint density at radius 2 is 2.17 bits per heavy atom. The third-order valence-corrected chi connectivity index (χ3v) is 2.46. The first-order valence-electron chi connectivity index (χ1n) is 5.53. The topological polar surface area (TPSA) is 50.7 Å². The van der Waals surface area contributed by atoms with E-state index in [0.29, 0.717) is 5.56 Å². The smallest absolute Gasteiger partial charge is 0.387 e. The number of alkyl halides is 2. The van der Waals surface area contributed by atoms with Gasteiger partial charge in [0.25, 0.3) is 0 Å². The van der Waals surface area contributed by atoms with Crippen molar-refractivity contribution in [2.45, 2.75) is 19.5 Å². The van der Waals surface area contributed by atoms with Crippen molar-refractivity contribution in [1.29, 1.82) is 0 Å². The summed E-state index contributed by atoms with van der Waals surface area (Å²) < 4.78 is 28.6. The Labute approximate surface area is 103 Å². The van der Waals surface area contributed by atoms with Gasteiger partial charge < -0.3 is 4.74 Å². The molecule has 96 valence electrons. The maximum absolute atomic E-state index is 12.1. The highest BCUT2D eigenvalue weighted by Gasteiger charge is 2.29. The SMILES string of the molecule is O=C(N/N=C\c1ccccc1OC(F)F)C1CC1. The number of hydrogen-bond acceptors (Lipinski definition) is 3. The molecule has 0 aliphatic heterocycles. The van der Waals surface area contributed by atoms with Gasteiger partial charge in [0, 0.05) is 11.5 Å². The summed E-state index contributed by atoms with van der Waals surface area (Å²) in [7, 11) is 0. The van der Waals surface area contributed by atoms with Crippen molar-refractivity contribution in [1.82, 2.24) is 5.43 Å². The molecule has 0 aromatic heterocycles. The van der Waals surface area contributed by atoms with Gasteiger partial charge in [-0.25, -0.2) is 5.43 Å². The minimum Gasteiger partial charge on any atom is -0.434 e. The lowest BCUT2D eigenvalue weighted by atomic mass is 10.2. The highest BCUT2D eigenvalue weighted by molar-refractivity contribution is 5.86. The second-order valence-corrected chi connectivity index (χ2v) is 3.92. The fourth-order valence-electron chi connectivity index (χ4n) is 1.39. The van der Waals surface area contributed by atoms with Crippen LogP contribution in [0.2, 0.25) is 0 Å². The van der Waals surface area contributed by atoms with Gasteiger partial charge in [-0.3, -0.25) is 4.79 Å². The lowest BCUT2D eigenvalue weighted by molar-refractivity contribution is -0.122. The van der Waals surface area contributed by atoms with Crippen LogP contribution in [0, 0.1) is 5.92 Å². The average Bonchev–Trinajstić information content (AvgIpc) is 3.14. The second kappa shape index (κ2) is 5.57. The number of nitrogens with one attached hydrogen (secondary N) is 1. The van der Waals surface area contributed by atoms with E-state index in [4.69, 9.17) is 0 Å². The summed E-state index contributed by atoms with van der Waals surface area (Å²) in [4.78, 5) is 11.3. The van der Waals surface area contributed by atoms with Crippen LogP contribution in [-0.2, 0) is 4.79 Å². The van der Waals surface area contributed by atoms with E-state index in [2.05, 4.69) is 15.3 Å². The zero-order valence-electron chi connectivity index (χ0n) is 9.48. The molecular weight excluding hydrogens is 242 g/mol. The van der Waals surface area contributed by atoms with Gasteiger partial charge in [0.05, 0.1) is 6.21 Å². The van der Waals surface area contributed by atoms with Gasteiger partial charge in [0.2, 0.25) is 5.91 Å². The van der Waals surface area contributed by atoms with E-state index in [1.165, 1.54) is 12.3 Å². The second-order valence-electron chi connectivity index (χ2n) is 3.92. The third-order valence-electron chi connectivity index (χ3n) is 2.46. The Balaban J connectivity index is 1.98. The number of carbonyl (C=O) groups excluding carboxylic acids is 1. The van der Waals surface area contributed by atoms with Crippen molar-refractivity contribution in [3.05, 3.63) is 29.8 Å². The predicted octanol–water partition coefficient (Wildman–Crippen LogP) is 2.15. The van der Waals surface area contributed by atoms with Gasteiger partial charge in [-0.05, 0) is 25.0 Å². The van der Waals surface area contributed by atoms with Crippen molar-refractivity contribution >= 4 is 12.1 Å². The van der Waals surface area contributed by atoms with Crippen LogP contribution in [0.5, 0.6) is 5.75 Å². The number of amides is 1. The number of hydrogen-bond donors (Lipinski definition) is 1. The highest BCUT2D eigenvalue weighted by Crippen LogP contribution is 2.28.